The Bertz CT molecular complexity index is 1530. The number of primary amides is 1. The van der Waals surface area contributed by atoms with Gasteiger partial charge in [0, 0.05) is 18.0 Å². The molecule has 3 aliphatic carbocycles. The molecule has 2 aromatic heterocycles. The molecule has 3 N–H and O–H groups in total. The van der Waals surface area contributed by atoms with Crippen molar-refractivity contribution in [3.63, 3.8) is 0 Å². The number of fused-ring (bicyclic) bond motifs is 2. The molecule has 4 aliphatic rings. The molecule has 10 nitrogen and oxygen atoms in total. The van der Waals surface area contributed by atoms with E-state index in [1.807, 2.05) is 0 Å². The number of likely N-dealkylation sites (tertiary alicyclic amines) is 1. The predicted molar refractivity (Wildman–Crippen MR) is 157 cm³/mol. The standard InChI is InChI=1S/C30H36N6O4S/c1-16-5-7-22(36(15-16)28(39)26(38)33-19-10-20(25(31)37)27(40-4)32-14-19)17-6-8-24-21(9-17)34-29(41-24)30-11-18(12-30)23(13-30)35(2)3/h6,8-10,14,16,18,22-23H,5,7,11-13,15H2,1-4H3,(H2,31,37)(H,33,38)/t16-,18?,22+,23?,30?/m0/s1. The van der Waals surface area contributed by atoms with Gasteiger partial charge in [0.25, 0.3) is 5.91 Å². The van der Waals surface area contributed by atoms with Crippen LogP contribution in [-0.2, 0) is 15.0 Å². The van der Waals surface area contributed by atoms with Crippen molar-refractivity contribution in [3.8, 4) is 5.88 Å². The number of methoxy groups -OCH3 is 1. The molecule has 11 heteroatoms. The summed E-state index contributed by atoms with van der Waals surface area (Å²) in [5.74, 6) is -1.09. The van der Waals surface area contributed by atoms with E-state index in [9.17, 15) is 14.4 Å². The van der Waals surface area contributed by atoms with Crippen LogP contribution in [0.5, 0.6) is 5.88 Å². The second-order valence-electron chi connectivity index (χ2n) is 12.2. The number of nitrogens with two attached hydrogens (primary N) is 1. The third-order valence-corrected chi connectivity index (χ3v) is 10.5. The maximum absolute atomic E-state index is 13.5. The van der Waals surface area contributed by atoms with E-state index in [1.54, 1.807) is 16.2 Å². The minimum absolute atomic E-state index is 0.0185. The molecular formula is C30H36N6O4S. The monoisotopic (exact) mass is 576 g/mol. The molecule has 3 heterocycles. The van der Waals surface area contributed by atoms with Crippen LogP contribution in [0, 0.1) is 11.8 Å². The van der Waals surface area contributed by atoms with Gasteiger partial charge in [0.15, 0.2) is 0 Å². The van der Waals surface area contributed by atoms with Crippen LogP contribution in [0.2, 0.25) is 0 Å². The van der Waals surface area contributed by atoms with Crippen molar-refractivity contribution >= 4 is 45.0 Å². The van der Waals surface area contributed by atoms with Crippen molar-refractivity contribution in [2.45, 2.75) is 56.5 Å². The third-order valence-electron chi connectivity index (χ3n) is 9.20. The summed E-state index contributed by atoms with van der Waals surface area (Å²) in [7, 11) is 5.72. The highest BCUT2D eigenvalue weighted by molar-refractivity contribution is 7.18. The number of ether oxygens (including phenoxy) is 1. The number of hydrogen-bond acceptors (Lipinski definition) is 8. The highest BCUT2D eigenvalue weighted by atomic mass is 32.1. The highest BCUT2D eigenvalue weighted by Crippen LogP contribution is 2.61. The molecule has 1 aromatic carbocycles. The van der Waals surface area contributed by atoms with E-state index in [-0.39, 0.29) is 34.5 Å². The molecule has 0 spiro atoms. The molecule has 3 atom stereocenters. The molecule has 41 heavy (non-hydrogen) atoms. The van der Waals surface area contributed by atoms with Gasteiger partial charge in [0.05, 0.1) is 35.3 Å². The SMILES string of the molecule is COc1ncc(NC(=O)C(=O)N2C[C@@H](C)CC[C@@H]2c2ccc3sc(C45CC(C4)C(N(C)C)C5)nc3c2)cc1C(N)=O. The quantitative estimate of drug-likeness (QED) is 0.428. The lowest BCUT2D eigenvalue weighted by Crippen LogP contribution is -2.46. The third kappa shape index (κ3) is 4.84. The van der Waals surface area contributed by atoms with Gasteiger partial charge < -0.3 is 25.6 Å². The smallest absolute Gasteiger partial charge is 0.313 e. The largest absolute Gasteiger partial charge is 0.480 e. The first-order valence-corrected chi connectivity index (χ1v) is 14.9. The zero-order chi connectivity index (χ0) is 29.1. The highest BCUT2D eigenvalue weighted by Gasteiger charge is 2.58. The molecule has 1 aliphatic heterocycles. The van der Waals surface area contributed by atoms with E-state index in [2.05, 4.69) is 54.4 Å². The fraction of sp³-hybridized carbons (Fsp3) is 0.500. The van der Waals surface area contributed by atoms with Crippen LogP contribution in [0.1, 0.15) is 66.0 Å². The van der Waals surface area contributed by atoms with E-state index < -0.39 is 17.7 Å². The number of thiazole rings is 1. The van der Waals surface area contributed by atoms with Crippen molar-refractivity contribution in [1.29, 1.82) is 0 Å². The van der Waals surface area contributed by atoms with Crippen molar-refractivity contribution < 1.29 is 19.1 Å². The summed E-state index contributed by atoms with van der Waals surface area (Å²) < 4.78 is 6.22. The molecule has 3 amide bonds. The fourth-order valence-corrected chi connectivity index (χ4v) is 8.26. The molecule has 2 bridgehead atoms. The lowest BCUT2D eigenvalue weighted by Gasteiger charge is -2.38. The summed E-state index contributed by atoms with van der Waals surface area (Å²) in [5.41, 5.74) is 7.79. The number of benzene rings is 1. The normalized spacial score (nSPS) is 27.1. The van der Waals surface area contributed by atoms with Gasteiger partial charge in [-0.05, 0) is 81.8 Å². The Morgan fingerprint density at radius 3 is 2.63 bits per heavy atom. The Morgan fingerprint density at radius 2 is 1.95 bits per heavy atom. The molecule has 0 radical (unpaired) electrons. The molecule has 1 saturated heterocycles. The van der Waals surface area contributed by atoms with E-state index in [4.69, 9.17) is 15.5 Å². The molecule has 4 fully saturated rings. The van der Waals surface area contributed by atoms with Crippen LogP contribution in [0.4, 0.5) is 5.69 Å². The number of aromatic nitrogens is 2. The predicted octanol–water partition coefficient (Wildman–Crippen LogP) is 3.72. The van der Waals surface area contributed by atoms with Crippen LogP contribution in [0.15, 0.2) is 30.5 Å². The number of amides is 3. The minimum atomic E-state index is -0.793. The first kappa shape index (κ1) is 27.6. The average Bonchev–Trinajstić information content (AvgIpc) is 3.64. The van der Waals surface area contributed by atoms with E-state index in [1.165, 1.54) is 43.6 Å². The Balaban J connectivity index is 1.23. The maximum Gasteiger partial charge on any atom is 0.313 e. The molecular weight excluding hydrogens is 540 g/mol. The Morgan fingerprint density at radius 1 is 1.17 bits per heavy atom. The summed E-state index contributed by atoms with van der Waals surface area (Å²) in [4.78, 5) is 51.6. The topological polar surface area (TPSA) is 131 Å². The lowest BCUT2D eigenvalue weighted by molar-refractivity contribution is -0.146. The number of carbonyl (C=O) groups is 3. The summed E-state index contributed by atoms with van der Waals surface area (Å²) in [5, 5.41) is 3.82. The van der Waals surface area contributed by atoms with Gasteiger partial charge in [-0.25, -0.2) is 9.97 Å². The van der Waals surface area contributed by atoms with Crippen molar-refractivity contribution in [2.24, 2.45) is 17.6 Å². The van der Waals surface area contributed by atoms with Crippen LogP contribution >= 0.6 is 11.3 Å². The van der Waals surface area contributed by atoms with Crippen molar-refractivity contribution in [3.05, 3.63) is 46.6 Å². The number of pyridine rings is 1. The second kappa shape index (κ2) is 10.4. The zero-order valence-electron chi connectivity index (χ0n) is 23.8. The Labute approximate surface area is 243 Å². The van der Waals surface area contributed by atoms with Crippen LogP contribution in [0.25, 0.3) is 10.2 Å². The van der Waals surface area contributed by atoms with Gasteiger partial charge in [-0.2, -0.15) is 0 Å². The fourth-order valence-electron chi connectivity index (χ4n) is 7.09. The Kier molecular flexibility index (Phi) is 6.97. The molecule has 1 unspecified atom stereocenters. The van der Waals surface area contributed by atoms with Gasteiger partial charge >= 0.3 is 11.8 Å². The van der Waals surface area contributed by atoms with Gasteiger partial charge in [0.1, 0.15) is 10.6 Å². The van der Waals surface area contributed by atoms with Gasteiger partial charge in [-0.15, -0.1) is 11.3 Å². The summed E-state index contributed by atoms with van der Waals surface area (Å²) in [6, 6.07) is 8.05. The van der Waals surface area contributed by atoms with E-state index in [0.29, 0.717) is 12.6 Å². The number of nitrogens with zero attached hydrogens (tertiary/aromatic N) is 4. The minimum Gasteiger partial charge on any atom is -0.480 e. The summed E-state index contributed by atoms with van der Waals surface area (Å²) >= 11 is 1.80. The van der Waals surface area contributed by atoms with Crippen molar-refractivity contribution in [1.82, 2.24) is 19.8 Å². The van der Waals surface area contributed by atoms with Crippen LogP contribution in [0.3, 0.4) is 0 Å². The summed E-state index contributed by atoms with van der Waals surface area (Å²) in [6.07, 6.45) is 6.64. The second-order valence-corrected chi connectivity index (χ2v) is 13.2. The lowest BCUT2D eigenvalue weighted by atomic mass is 9.70. The number of nitrogens with one attached hydrogen (secondary N) is 1. The van der Waals surface area contributed by atoms with Crippen molar-refractivity contribution in [2.75, 3.05) is 33.1 Å². The number of hydrogen-bond donors (Lipinski definition) is 2. The molecule has 7 rings (SSSR count). The van der Waals surface area contributed by atoms with Crippen LogP contribution < -0.4 is 15.8 Å². The average molecular weight is 577 g/mol. The van der Waals surface area contributed by atoms with Gasteiger partial charge in [-0.3, -0.25) is 14.4 Å². The maximum atomic E-state index is 13.5. The molecule has 216 valence electrons. The number of carbonyl (C=O) groups excluding carboxylic acids is 3. The molecule has 3 saturated carbocycles. The van der Waals surface area contributed by atoms with Crippen LogP contribution in [-0.4, -0.2) is 71.3 Å². The number of piperidine rings is 1. The Hall–Kier alpha value is -3.57. The first-order chi connectivity index (χ1) is 19.6. The first-order valence-electron chi connectivity index (χ1n) is 14.1. The van der Waals surface area contributed by atoms with Gasteiger partial charge in [-0.1, -0.05) is 13.0 Å². The van der Waals surface area contributed by atoms with Gasteiger partial charge in [0.2, 0.25) is 5.88 Å². The number of rotatable bonds is 6. The molecule has 3 aromatic rings. The number of anilines is 1. The van der Waals surface area contributed by atoms with E-state index >= 15 is 0 Å². The summed E-state index contributed by atoms with van der Waals surface area (Å²) in [6.45, 7) is 2.56. The zero-order valence-corrected chi connectivity index (χ0v) is 24.7. The van der Waals surface area contributed by atoms with E-state index in [0.717, 1.165) is 34.5 Å².